The van der Waals surface area contributed by atoms with Crippen molar-refractivity contribution >= 4 is 22.5 Å². The van der Waals surface area contributed by atoms with E-state index < -0.39 is 5.41 Å². The molecule has 0 amide bonds. The van der Waals surface area contributed by atoms with Crippen LogP contribution in [0, 0.1) is 16.7 Å². The number of aromatic nitrogens is 2. The van der Waals surface area contributed by atoms with Crippen molar-refractivity contribution in [2.24, 2.45) is 12.5 Å². The molecule has 3 rings (SSSR count). The molecule has 132 valence electrons. The molecule has 26 heavy (non-hydrogen) atoms. The molecule has 1 aromatic heterocycles. The first kappa shape index (κ1) is 17.7. The molecule has 0 aliphatic carbocycles. The van der Waals surface area contributed by atoms with Gasteiger partial charge in [0.05, 0.1) is 29.2 Å². The second-order valence-corrected chi connectivity index (χ2v) is 7.41. The van der Waals surface area contributed by atoms with E-state index in [0.29, 0.717) is 17.7 Å². The van der Waals surface area contributed by atoms with Crippen LogP contribution in [0.4, 0.5) is 5.69 Å². The van der Waals surface area contributed by atoms with Crippen molar-refractivity contribution in [2.75, 3.05) is 5.32 Å². The topological polar surface area (TPSA) is 70.7 Å². The number of carbonyl (C=O) groups excluding carboxylic acids is 1. The number of imidazole rings is 1. The van der Waals surface area contributed by atoms with E-state index in [9.17, 15) is 4.79 Å². The summed E-state index contributed by atoms with van der Waals surface area (Å²) in [4.78, 5) is 17.2. The quantitative estimate of drug-likeness (QED) is 0.716. The van der Waals surface area contributed by atoms with Gasteiger partial charge in [-0.2, -0.15) is 5.26 Å². The lowest BCUT2D eigenvalue weighted by Crippen LogP contribution is -2.20. The maximum Gasteiger partial charge on any atom is 0.168 e. The minimum atomic E-state index is -0.414. The van der Waals surface area contributed by atoms with Crippen LogP contribution >= 0.6 is 0 Å². The van der Waals surface area contributed by atoms with E-state index in [-0.39, 0.29) is 5.78 Å². The van der Waals surface area contributed by atoms with Crippen LogP contribution in [0.5, 0.6) is 0 Å². The number of carbonyl (C=O) groups is 1. The second kappa shape index (κ2) is 6.64. The van der Waals surface area contributed by atoms with Gasteiger partial charge >= 0.3 is 0 Å². The van der Waals surface area contributed by atoms with Crippen LogP contribution in [0.25, 0.3) is 11.0 Å². The zero-order valence-electron chi connectivity index (χ0n) is 15.5. The van der Waals surface area contributed by atoms with Gasteiger partial charge in [-0.15, -0.1) is 0 Å². The van der Waals surface area contributed by atoms with E-state index in [2.05, 4.69) is 16.4 Å². The van der Waals surface area contributed by atoms with Crippen molar-refractivity contribution in [3.8, 4) is 6.07 Å². The van der Waals surface area contributed by atoms with Gasteiger partial charge in [0.1, 0.15) is 5.82 Å². The van der Waals surface area contributed by atoms with Crippen LogP contribution in [-0.2, 0) is 13.6 Å². The molecule has 5 nitrogen and oxygen atoms in total. The van der Waals surface area contributed by atoms with Crippen molar-refractivity contribution in [1.29, 1.82) is 5.26 Å². The fraction of sp³-hybridized carbons (Fsp3) is 0.286. The van der Waals surface area contributed by atoms with Gasteiger partial charge in [-0.05, 0) is 42.5 Å². The lowest BCUT2D eigenvalue weighted by atomic mass is 9.86. The highest BCUT2D eigenvalue weighted by Crippen LogP contribution is 2.24. The van der Waals surface area contributed by atoms with Gasteiger partial charge < -0.3 is 9.88 Å². The smallest absolute Gasteiger partial charge is 0.168 e. The van der Waals surface area contributed by atoms with Crippen molar-refractivity contribution in [2.45, 2.75) is 27.3 Å². The zero-order chi connectivity index (χ0) is 18.9. The molecule has 0 fully saturated rings. The van der Waals surface area contributed by atoms with Crippen LogP contribution in [0.2, 0.25) is 0 Å². The minimum absolute atomic E-state index is 0.113. The molecule has 0 radical (unpaired) electrons. The van der Waals surface area contributed by atoms with Crippen LogP contribution < -0.4 is 5.32 Å². The number of anilines is 1. The number of hydrogen-bond acceptors (Lipinski definition) is 4. The lowest BCUT2D eigenvalue weighted by molar-refractivity contribution is 0.0858. The Bertz CT molecular complexity index is 1000. The molecular weight excluding hydrogens is 324 g/mol. The summed E-state index contributed by atoms with van der Waals surface area (Å²) >= 11 is 0. The number of fused-ring (bicyclic) bond motifs is 1. The second-order valence-electron chi connectivity index (χ2n) is 7.41. The summed E-state index contributed by atoms with van der Waals surface area (Å²) in [5.74, 6) is 0.993. The van der Waals surface area contributed by atoms with Gasteiger partial charge in [0, 0.05) is 23.7 Å². The molecule has 1 N–H and O–H groups in total. The van der Waals surface area contributed by atoms with Gasteiger partial charge in [0.15, 0.2) is 5.78 Å². The standard InChI is InChI=1S/C21H22N4O/c1-21(2,3)20(26)15-7-10-18-17(11-15)24-19(25(18)4)13-23-16-8-5-14(12-22)6-9-16/h5-11,23H,13H2,1-4H3. The van der Waals surface area contributed by atoms with Crippen molar-refractivity contribution in [3.05, 3.63) is 59.4 Å². The van der Waals surface area contributed by atoms with Crippen molar-refractivity contribution in [3.63, 3.8) is 0 Å². The number of benzene rings is 2. The average molecular weight is 346 g/mol. The predicted molar refractivity (Wildman–Crippen MR) is 103 cm³/mol. The summed E-state index contributed by atoms with van der Waals surface area (Å²) in [5, 5.41) is 12.2. The summed E-state index contributed by atoms with van der Waals surface area (Å²) in [6, 6.07) is 15.1. The Balaban J connectivity index is 1.84. The normalized spacial score (nSPS) is 11.3. The van der Waals surface area contributed by atoms with Crippen molar-refractivity contribution in [1.82, 2.24) is 9.55 Å². The van der Waals surface area contributed by atoms with Gasteiger partial charge in [-0.25, -0.2) is 4.98 Å². The summed E-state index contributed by atoms with van der Waals surface area (Å²) in [6.45, 7) is 6.32. The lowest BCUT2D eigenvalue weighted by Gasteiger charge is -2.16. The number of ketones is 1. The Kier molecular flexibility index (Phi) is 4.52. The third kappa shape index (κ3) is 3.45. The van der Waals surface area contributed by atoms with Gasteiger partial charge in [0.25, 0.3) is 0 Å². The Morgan fingerprint density at radius 3 is 2.50 bits per heavy atom. The molecule has 0 saturated carbocycles. The summed E-state index contributed by atoms with van der Waals surface area (Å²) in [5.41, 5.74) is 3.65. The molecule has 0 bridgehead atoms. The van der Waals surface area contributed by atoms with Gasteiger partial charge in [0.2, 0.25) is 0 Å². The van der Waals surface area contributed by atoms with Crippen LogP contribution in [0.15, 0.2) is 42.5 Å². The third-order valence-corrected chi connectivity index (χ3v) is 4.38. The Labute approximate surface area is 153 Å². The highest BCUT2D eigenvalue weighted by Gasteiger charge is 2.23. The van der Waals surface area contributed by atoms with E-state index >= 15 is 0 Å². The van der Waals surface area contributed by atoms with Crippen molar-refractivity contribution < 1.29 is 4.79 Å². The number of aryl methyl sites for hydroxylation is 1. The van der Waals surface area contributed by atoms with Gasteiger partial charge in [-0.1, -0.05) is 20.8 Å². The first-order chi connectivity index (χ1) is 12.3. The molecule has 3 aromatic rings. The van der Waals surface area contributed by atoms with E-state index in [0.717, 1.165) is 22.5 Å². The summed E-state index contributed by atoms with van der Waals surface area (Å²) in [6.07, 6.45) is 0. The fourth-order valence-corrected chi connectivity index (χ4v) is 2.83. The number of nitrogens with one attached hydrogen (secondary N) is 1. The maximum absolute atomic E-state index is 12.5. The number of hydrogen-bond donors (Lipinski definition) is 1. The van der Waals surface area contributed by atoms with Crippen LogP contribution in [-0.4, -0.2) is 15.3 Å². The molecule has 2 aromatic carbocycles. The number of nitrogens with zero attached hydrogens (tertiary/aromatic N) is 3. The molecule has 1 heterocycles. The van der Waals surface area contributed by atoms with Gasteiger partial charge in [-0.3, -0.25) is 4.79 Å². The minimum Gasteiger partial charge on any atom is -0.378 e. The largest absolute Gasteiger partial charge is 0.378 e. The fourth-order valence-electron chi connectivity index (χ4n) is 2.83. The average Bonchev–Trinajstić information content (AvgIpc) is 2.94. The summed E-state index contributed by atoms with van der Waals surface area (Å²) < 4.78 is 2.03. The number of nitriles is 1. The maximum atomic E-state index is 12.5. The first-order valence-electron chi connectivity index (χ1n) is 8.54. The Morgan fingerprint density at radius 2 is 1.88 bits per heavy atom. The number of Topliss-reactive ketones (excluding diaryl/α,β-unsaturated/α-hetero) is 1. The predicted octanol–water partition coefficient (Wildman–Crippen LogP) is 4.29. The monoisotopic (exact) mass is 346 g/mol. The Hall–Kier alpha value is -3.13. The highest BCUT2D eigenvalue weighted by molar-refractivity contribution is 6.02. The van der Waals surface area contributed by atoms with E-state index in [1.54, 1.807) is 12.1 Å². The van der Waals surface area contributed by atoms with Crippen LogP contribution in [0.1, 0.15) is 42.5 Å². The molecule has 5 heteroatoms. The molecule has 0 unspecified atom stereocenters. The van der Waals surface area contributed by atoms with E-state index in [4.69, 9.17) is 5.26 Å². The molecule has 0 spiro atoms. The third-order valence-electron chi connectivity index (χ3n) is 4.38. The summed E-state index contributed by atoms with van der Waals surface area (Å²) in [7, 11) is 1.97. The molecule has 0 aliphatic rings. The number of rotatable bonds is 4. The van der Waals surface area contributed by atoms with E-state index in [1.807, 2.05) is 62.7 Å². The SMILES string of the molecule is Cn1c(CNc2ccc(C#N)cc2)nc2cc(C(=O)C(C)(C)C)ccc21. The Morgan fingerprint density at radius 1 is 1.19 bits per heavy atom. The molecule has 0 saturated heterocycles. The van der Waals surface area contributed by atoms with E-state index in [1.165, 1.54) is 0 Å². The zero-order valence-corrected chi connectivity index (χ0v) is 15.5. The van der Waals surface area contributed by atoms with Crippen LogP contribution in [0.3, 0.4) is 0 Å². The molecule has 0 aliphatic heterocycles. The first-order valence-corrected chi connectivity index (χ1v) is 8.54. The molecule has 0 atom stereocenters. The molecular formula is C21H22N4O. The highest BCUT2D eigenvalue weighted by atomic mass is 16.1.